The maximum atomic E-state index is 13.4. The second-order valence-electron chi connectivity index (χ2n) is 7.99. The van der Waals surface area contributed by atoms with Crippen molar-refractivity contribution in [3.05, 3.63) is 71.6 Å². The van der Waals surface area contributed by atoms with Gasteiger partial charge in [-0.1, -0.05) is 30.3 Å². The summed E-state index contributed by atoms with van der Waals surface area (Å²) in [6, 6.07) is 14.9. The van der Waals surface area contributed by atoms with E-state index in [1.165, 1.54) is 7.11 Å². The van der Waals surface area contributed by atoms with Crippen LogP contribution >= 0.6 is 0 Å². The van der Waals surface area contributed by atoms with Crippen LogP contribution in [0.2, 0.25) is 0 Å². The third kappa shape index (κ3) is 4.64. The number of anilines is 1. The molecule has 8 nitrogen and oxygen atoms in total. The molecule has 0 bridgehead atoms. The SMILES string of the molecule is COC(=O)Nc1ccc2c(c1)C[C@H](C(=O)N(C)[C@H](CN1C=C(O)CC1)c1ccccc1)O2. The lowest BCUT2D eigenvalue weighted by Crippen LogP contribution is -2.44. The zero-order valence-electron chi connectivity index (χ0n) is 18.2. The Morgan fingerprint density at radius 3 is 2.75 bits per heavy atom. The molecule has 168 valence electrons. The van der Waals surface area contributed by atoms with Gasteiger partial charge in [0.05, 0.1) is 13.2 Å². The highest BCUT2D eigenvalue weighted by molar-refractivity contribution is 5.86. The maximum absolute atomic E-state index is 13.4. The number of nitrogens with zero attached hydrogens (tertiary/aromatic N) is 2. The minimum Gasteiger partial charge on any atom is -0.511 e. The monoisotopic (exact) mass is 437 g/mol. The van der Waals surface area contributed by atoms with E-state index in [0.717, 1.165) is 17.7 Å². The first-order valence-electron chi connectivity index (χ1n) is 10.5. The van der Waals surface area contributed by atoms with Gasteiger partial charge in [-0.2, -0.15) is 0 Å². The van der Waals surface area contributed by atoms with Crippen LogP contribution in [-0.2, 0) is 16.0 Å². The second kappa shape index (κ2) is 9.21. The van der Waals surface area contributed by atoms with E-state index in [1.54, 1.807) is 36.3 Å². The Morgan fingerprint density at radius 1 is 1.28 bits per heavy atom. The van der Waals surface area contributed by atoms with E-state index in [0.29, 0.717) is 36.6 Å². The van der Waals surface area contributed by atoms with E-state index in [4.69, 9.17) is 4.74 Å². The van der Waals surface area contributed by atoms with E-state index in [1.807, 2.05) is 35.2 Å². The summed E-state index contributed by atoms with van der Waals surface area (Å²) < 4.78 is 10.6. The van der Waals surface area contributed by atoms with Gasteiger partial charge < -0.3 is 24.4 Å². The minimum atomic E-state index is -0.642. The average molecular weight is 437 g/mol. The van der Waals surface area contributed by atoms with Gasteiger partial charge in [-0.3, -0.25) is 10.1 Å². The van der Waals surface area contributed by atoms with Crippen LogP contribution in [0.25, 0.3) is 0 Å². The van der Waals surface area contributed by atoms with Gasteiger partial charge in [0.1, 0.15) is 11.5 Å². The lowest BCUT2D eigenvalue weighted by molar-refractivity contribution is -0.139. The molecule has 2 N–H and O–H groups in total. The molecule has 0 saturated heterocycles. The summed E-state index contributed by atoms with van der Waals surface area (Å²) in [5.74, 6) is 0.873. The topological polar surface area (TPSA) is 91.3 Å². The number of amides is 2. The number of carbonyl (C=O) groups excluding carboxylic acids is 2. The molecule has 0 unspecified atom stereocenters. The summed E-state index contributed by atoms with van der Waals surface area (Å²) >= 11 is 0. The Morgan fingerprint density at radius 2 is 2.06 bits per heavy atom. The Hall–Kier alpha value is -3.68. The summed E-state index contributed by atoms with van der Waals surface area (Å²) in [6.07, 6.45) is 1.58. The van der Waals surface area contributed by atoms with Gasteiger partial charge in [0.2, 0.25) is 0 Å². The van der Waals surface area contributed by atoms with Gasteiger partial charge in [-0.05, 0) is 23.8 Å². The molecular formula is C24H27N3O5. The van der Waals surface area contributed by atoms with Crippen LogP contribution in [-0.4, -0.2) is 60.3 Å². The third-order valence-corrected chi connectivity index (χ3v) is 5.84. The van der Waals surface area contributed by atoms with Gasteiger partial charge in [0, 0.05) is 50.4 Å². The molecule has 2 heterocycles. The molecule has 2 aromatic carbocycles. The quantitative estimate of drug-likeness (QED) is 0.719. The van der Waals surface area contributed by atoms with Crippen molar-refractivity contribution in [3.8, 4) is 5.75 Å². The molecule has 2 aliphatic heterocycles. The summed E-state index contributed by atoms with van der Waals surface area (Å²) in [5.41, 5.74) is 2.46. The van der Waals surface area contributed by atoms with Crippen molar-refractivity contribution in [1.29, 1.82) is 0 Å². The Bertz CT molecular complexity index is 1020. The standard InChI is InChI=1S/C24H27N3O5/c1-26(20(16-6-4-3-5-7-16)15-27-11-10-19(28)14-27)23(29)22-13-17-12-18(25-24(30)31-2)8-9-21(17)32-22/h3-9,12,14,20,22,28H,10-11,13,15H2,1-2H3,(H,25,30)/t20-,22-/m1/s1. The number of fused-ring (bicyclic) bond motifs is 1. The zero-order chi connectivity index (χ0) is 22.7. The van der Waals surface area contributed by atoms with Crippen LogP contribution in [0.4, 0.5) is 10.5 Å². The van der Waals surface area contributed by atoms with E-state index >= 15 is 0 Å². The van der Waals surface area contributed by atoms with Crippen LogP contribution in [0.1, 0.15) is 23.6 Å². The van der Waals surface area contributed by atoms with Crippen LogP contribution in [0.5, 0.6) is 5.75 Å². The smallest absolute Gasteiger partial charge is 0.411 e. The number of hydrogen-bond acceptors (Lipinski definition) is 6. The lowest BCUT2D eigenvalue weighted by atomic mass is 10.0. The molecule has 2 amide bonds. The predicted molar refractivity (Wildman–Crippen MR) is 119 cm³/mol. The molecule has 2 aliphatic rings. The average Bonchev–Trinajstić information content (AvgIpc) is 3.42. The first kappa shape index (κ1) is 21.5. The zero-order valence-corrected chi connectivity index (χ0v) is 18.2. The molecule has 2 atom stereocenters. The number of aliphatic hydroxyl groups excluding tert-OH is 1. The molecule has 0 aliphatic carbocycles. The van der Waals surface area contributed by atoms with E-state index < -0.39 is 12.2 Å². The highest BCUT2D eigenvalue weighted by Crippen LogP contribution is 2.33. The van der Waals surface area contributed by atoms with Crippen LogP contribution in [0.15, 0.2) is 60.5 Å². The number of benzene rings is 2. The van der Waals surface area contributed by atoms with Crippen molar-refractivity contribution < 1.29 is 24.2 Å². The molecule has 4 rings (SSSR count). The Kier molecular flexibility index (Phi) is 6.20. The van der Waals surface area contributed by atoms with Gasteiger partial charge in [0.25, 0.3) is 5.91 Å². The number of methoxy groups -OCH3 is 1. The van der Waals surface area contributed by atoms with E-state index in [9.17, 15) is 14.7 Å². The number of nitrogens with one attached hydrogen (secondary N) is 1. The van der Waals surface area contributed by atoms with Gasteiger partial charge >= 0.3 is 6.09 Å². The first-order chi connectivity index (χ1) is 15.4. The van der Waals surface area contributed by atoms with Gasteiger partial charge in [-0.25, -0.2) is 4.79 Å². The van der Waals surface area contributed by atoms with Crippen molar-refractivity contribution in [2.24, 2.45) is 0 Å². The van der Waals surface area contributed by atoms with Gasteiger partial charge in [-0.15, -0.1) is 0 Å². The number of carbonyl (C=O) groups is 2. The molecule has 2 aromatic rings. The van der Waals surface area contributed by atoms with Crippen LogP contribution in [0, 0.1) is 0 Å². The Labute approximate surface area is 187 Å². The molecule has 0 saturated carbocycles. The molecule has 0 fully saturated rings. The number of rotatable bonds is 6. The molecule has 32 heavy (non-hydrogen) atoms. The third-order valence-electron chi connectivity index (χ3n) is 5.84. The fourth-order valence-electron chi connectivity index (χ4n) is 4.10. The van der Waals surface area contributed by atoms with Crippen molar-refractivity contribution in [2.45, 2.75) is 25.0 Å². The lowest BCUT2D eigenvalue weighted by Gasteiger charge is -2.33. The summed E-state index contributed by atoms with van der Waals surface area (Å²) in [7, 11) is 3.09. The Balaban J connectivity index is 1.49. The van der Waals surface area contributed by atoms with Crippen LogP contribution in [0.3, 0.4) is 0 Å². The highest BCUT2D eigenvalue weighted by Gasteiger charge is 2.35. The van der Waals surface area contributed by atoms with Crippen molar-refractivity contribution in [3.63, 3.8) is 0 Å². The largest absolute Gasteiger partial charge is 0.511 e. The molecule has 0 spiro atoms. The molecule has 8 heteroatoms. The summed E-state index contributed by atoms with van der Waals surface area (Å²) in [5, 5.41) is 12.4. The molecule has 0 aromatic heterocycles. The van der Waals surface area contributed by atoms with Crippen LogP contribution < -0.4 is 10.1 Å². The maximum Gasteiger partial charge on any atom is 0.411 e. The van der Waals surface area contributed by atoms with E-state index in [-0.39, 0.29) is 11.9 Å². The fourth-order valence-corrected chi connectivity index (χ4v) is 4.10. The number of likely N-dealkylation sites (N-methyl/N-ethyl adjacent to an activating group) is 1. The van der Waals surface area contributed by atoms with E-state index in [2.05, 4.69) is 10.1 Å². The summed E-state index contributed by atoms with van der Waals surface area (Å²) in [6.45, 7) is 1.29. The molecular weight excluding hydrogens is 410 g/mol. The number of ether oxygens (including phenoxy) is 2. The second-order valence-corrected chi connectivity index (χ2v) is 7.99. The number of hydrogen-bond donors (Lipinski definition) is 2. The summed E-state index contributed by atoms with van der Waals surface area (Å²) in [4.78, 5) is 28.6. The van der Waals surface area contributed by atoms with Crippen molar-refractivity contribution in [1.82, 2.24) is 9.80 Å². The minimum absolute atomic E-state index is 0.120. The van der Waals surface area contributed by atoms with Crippen molar-refractivity contribution in [2.75, 3.05) is 32.6 Å². The molecule has 0 radical (unpaired) electrons. The van der Waals surface area contributed by atoms with Crippen molar-refractivity contribution >= 4 is 17.7 Å². The predicted octanol–water partition coefficient (Wildman–Crippen LogP) is 3.47. The van der Waals surface area contributed by atoms with Gasteiger partial charge in [0.15, 0.2) is 6.10 Å². The normalized spacial score (nSPS) is 17.8. The number of aliphatic hydroxyl groups is 1. The highest BCUT2D eigenvalue weighted by atomic mass is 16.5. The fraction of sp³-hybridized carbons (Fsp3) is 0.333. The first-order valence-corrected chi connectivity index (χ1v) is 10.5.